The molecule has 0 aliphatic carbocycles. The standard InChI is InChI=1S/C27H19F6N5O/c1-14(2)38-13-22(27(31,32)33)35-25(38)21-10-8-16(12-34-21)24-36-26(39-37-24)19-11-15(7-9-20(19)28)17-5-3-4-6-18(17)23(29)30/h3-14,23H,1-2H3. The number of benzene rings is 2. The minimum atomic E-state index is -4.61. The fraction of sp³-hybridized carbons (Fsp3) is 0.185. The molecule has 12 heteroatoms. The van der Waals surface area contributed by atoms with E-state index < -0.39 is 24.1 Å². The Morgan fingerprint density at radius 1 is 0.897 bits per heavy atom. The molecule has 2 aromatic carbocycles. The molecule has 6 nitrogen and oxygen atoms in total. The van der Waals surface area contributed by atoms with Gasteiger partial charge in [0.25, 0.3) is 12.3 Å². The van der Waals surface area contributed by atoms with E-state index in [-0.39, 0.29) is 46.0 Å². The van der Waals surface area contributed by atoms with Crippen molar-refractivity contribution < 1.29 is 30.9 Å². The van der Waals surface area contributed by atoms with E-state index in [2.05, 4.69) is 20.1 Å². The third-order valence-corrected chi connectivity index (χ3v) is 5.96. The van der Waals surface area contributed by atoms with Gasteiger partial charge in [-0.2, -0.15) is 18.2 Å². The molecule has 0 unspecified atom stereocenters. The Hall–Kier alpha value is -4.48. The fourth-order valence-electron chi connectivity index (χ4n) is 4.03. The second-order valence-electron chi connectivity index (χ2n) is 8.89. The maximum Gasteiger partial charge on any atom is 0.434 e. The van der Waals surface area contributed by atoms with Crippen LogP contribution in [-0.4, -0.2) is 24.7 Å². The van der Waals surface area contributed by atoms with Crippen LogP contribution in [0, 0.1) is 5.82 Å². The number of pyridine rings is 1. The zero-order valence-electron chi connectivity index (χ0n) is 20.4. The van der Waals surface area contributed by atoms with Crippen LogP contribution < -0.4 is 0 Å². The van der Waals surface area contributed by atoms with Gasteiger partial charge in [-0.1, -0.05) is 35.5 Å². The summed E-state index contributed by atoms with van der Waals surface area (Å²) in [6.07, 6.45) is -5.06. The molecular formula is C27H19F6N5O. The Morgan fingerprint density at radius 3 is 2.31 bits per heavy atom. The molecule has 3 heterocycles. The molecule has 3 aromatic heterocycles. The fourth-order valence-corrected chi connectivity index (χ4v) is 4.03. The molecule has 0 atom stereocenters. The molecule has 5 aromatic rings. The number of alkyl halides is 5. The zero-order chi connectivity index (χ0) is 27.9. The Bertz CT molecular complexity index is 1620. The van der Waals surface area contributed by atoms with Crippen LogP contribution in [0.1, 0.15) is 37.6 Å². The third-order valence-electron chi connectivity index (χ3n) is 5.96. The van der Waals surface area contributed by atoms with E-state index in [0.29, 0.717) is 11.1 Å². The zero-order valence-corrected chi connectivity index (χ0v) is 20.4. The van der Waals surface area contributed by atoms with Crippen LogP contribution in [0.25, 0.3) is 45.5 Å². The molecule has 39 heavy (non-hydrogen) atoms. The first-order chi connectivity index (χ1) is 18.5. The maximum absolute atomic E-state index is 14.7. The first-order valence-electron chi connectivity index (χ1n) is 11.7. The van der Waals surface area contributed by atoms with E-state index in [1.807, 2.05) is 0 Å². The quantitative estimate of drug-likeness (QED) is 0.203. The maximum atomic E-state index is 14.7. The Labute approximate surface area is 218 Å². The van der Waals surface area contributed by atoms with Crippen molar-refractivity contribution in [3.8, 4) is 45.5 Å². The molecule has 0 saturated heterocycles. The normalized spacial score (nSPS) is 12.1. The minimum absolute atomic E-state index is 0.0423. The van der Waals surface area contributed by atoms with Gasteiger partial charge in [-0.05, 0) is 49.2 Å². The van der Waals surface area contributed by atoms with Crippen molar-refractivity contribution in [3.63, 3.8) is 0 Å². The van der Waals surface area contributed by atoms with Crippen LogP contribution in [0.2, 0.25) is 0 Å². The van der Waals surface area contributed by atoms with E-state index in [9.17, 15) is 26.3 Å². The highest BCUT2D eigenvalue weighted by molar-refractivity contribution is 5.73. The lowest BCUT2D eigenvalue weighted by atomic mass is 9.98. The van der Waals surface area contributed by atoms with Gasteiger partial charge in [0.05, 0.1) is 5.56 Å². The van der Waals surface area contributed by atoms with Gasteiger partial charge in [0.2, 0.25) is 5.82 Å². The van der Waals surface area contributed by atoms with Crippen molar-refractivity contribution in [2.75, 3.05) is 0 Å². The van der Waals surface area contributed by atoms with Gasteiger partial charge in [-0.3, -0.25) is 4.98 Å². The number of rotatable bonds is 6. The lowest BCUT2D eigenvalue weighted by Gasteiger charge is -2.10. The highest BCUT2D eigenvalue weighted by Gasteiger charge is 2.35. The smallest absolute Gasteiger partial charge is 0.334 e. The highest BCUT2D eigenvalue weighted by Crippen LogP contribution is 2.35. The van der Waals surface area contributed by atoms with Crippen LogP contribution in [0.5, 0.6) is 0 Å². The molecule has 0 aliphatic heterocycles. The third kappa shape index (κ3) is 5.14. The van der Waals surface area contributed by atoms with Gasteiger partial charge in [0.15, 0.2) is 11.5 Å². The van der Waals surface area contributed by atoms with Crippen LogP contribution in [0.4, 0.5) is 26.3 Å². The summed E-state index contributed by atoms with van der Waals surface area (Å²) in [5.74, 6) is -0.795. The molecule has 0 spiro atoms. The van der Waals surface area contributed by atoms with Gasteiger partial charge < -0.3 is 9.09 Å². The molecular weight excluding hydrogens is 524 g/mol. The Morgan fingerprint density at radius 2 is 1.64 bits per heavy atom. The van der Waals surface area contributed by atoms with Crippen molar-refractivity contribution in [2.45, 2.75) is 32.5 Å². The van der Waals surface area contributed by atoms with Gasteiger partial charge in [0.1, 0.15) is 11.5 Å². The largest absolute Gasteiger partial charge is 0.434 e. The second kappa shape index (κ2) is 10.0. The Kier molecular flexibility index (Phi) is 6.71. The number of imidazole rings is 1. The summed E-state index contributed by atoms with van der Waals surface area (Å²) in [6.45, 7) is 3.45. The number of hydrogen-bond donors (Lipinski definition) is 0. The molecule has 0 amide bonds. The summed E-state index contributed by atoms with van der Waals surface area (Å²) >= 11 is 0. The molecule has 0 fully saturated rings. The summed E-state index contributed by atoms with van der Waals surface area (Å²) in [5, 5.41) is 3.85. The summed E-state index contributed by atoms with van der Waals surface area (Å²) in [7, 11) is 0. The lowest BCUT2D eigenvalue weighted by molar-refractivity contribution is -0.140. The van der Waals surface area contributed by atoms with Crippen molar-refractivity contribution in [1.29, 1.82) is 0 Å². The second-order valence-corrected chi connectivity index (χ2v) is 8.89. The topological polar surface area (TPSA) is 69.6 Å². The first kappa shape index (κ1) is 26.1. The van der Waals surface area contributed by atoms with Gasteiger partial charge >= 0.3 is 6.18 Å². The molecule has 0 bridgehead atoms. The van der Waals surface area contributed by atoms with Gasteiger partial charge in [0, 0.05) is 29.6 Å². The average molecular weight is 543 g/mol. The molecule has 0 aliphatic rings. The SMILES string of the molecule is CC(C)n1cc(C(F)(F)F)nc1-c1ccc(-c2noc(-c3cc(-c4ccccc4C(F)F)ccc3F)n2)cn1. The summed E-state index contributed by atoms with van der Waals surface area (Å²) in [6, 6.07) is 12.4. The van der Waals surface area contributed by atoms with Crippen molar-refractivity contribution >= 4 is 0 Å². The van der Waals surface area contributed by atoms with Gasteiger partial charge in [-0.15, -0.1) is 0 Å². The predicted molar refractivity (Wildman–Crippen MR) is 130 cm³/mol. The summed E-state index contributed by atoms with van der Waals surface area (Å²) < 4.78 is 87.9. The predicted octanol–water partition coefficient (Wildman–Crippen LogP) is 8.01. The molecule has 0 N–H and O–H groups in total. The van der Waals surface area contributed by atoms with E-state index in [1.165, 1.54) is 53.2 Å². The first-order valence-corrected chi connectivity index (χ1v) is 11.7. The van der Waals surface area contributed by atoms with E-state index in [0.717, 1.165) is 12.3 Å². The molecule has 5 rings (SSSR count). The van der Waals surface area contributed by atoms with Crippen LogP contribution in [-0.2, 0) is 6.18 Å². The van der Waals surface area contributed by atoms with E-state index in [4.69, 9.17) is 4.52 Å². The van der Waals surface area contributed by atoms with Crippen LogP contribution >= 0.6 is 0 Å². The van der Waals surface area contributed by atoms with Crippen LogP contribution in [0.15, 0.2) is 71.5 Å². The summed E-state index contributed by atoms with van der Waals surface area (Å²) in [5.41, 5.74) is -0.185. The Balaban J connectivity index is 1.46. The molecule has 0 saturated carbocycles. The van der Waals surface area contributed by atoms with Crippen molar-refractivity contribution in [1.82, 2.24) is 24.7 Å². The average Bonchev–Trinajstić information content (AvgIpc) is 3.57. The molecule has 200 valence electrons. The van der Waals surface area contributed by atoms with E-state index in [1.54, 1.807) is 19.9 Å². The minimum Gasteiger partial charge on any atom is -0.334 e. The van der Waals surface area contributed by atoms with Crippen molar-refractivity contribution in [3.05, 3.63) is 84.1 Å². The monoisotopic (exact) mass is 543 g/mol. The molecule has 0 radical (unpaired) electrons. The summed E-state index contributed by atoms with van der Waals surface area (Å²) in [4.78, 5) is 12.2. The van der Waals surface area contributed by atoms with Crippen LogP contribution in [0.3, 0.4) is 0 Å². The highest BCUT2D eigenvalue weighted by atomic mass is 19.4. The van der Waals surface area contributed by atoms with Crippen molar-refractivity contribution in [2.24, 2.45) is 0 Å². The number of halogens is 6. The number of nitrogens with zero attached hydrogens (tertiary/aromatic N) is 5. The number of aromatic nitrogens is 5. The van der Waals surface area contributed by atoms with Gasteiger partial charge in [-0.25, -0.2) is 18.2 Å². The van der Waals surface area contributed by atoms with E-state index >= 15 is 0 Å². The lowest BCUT2D eigenvalue weighted by Crippen LogP contribution is -2.05. The number of hydrogen-bond acceptors (Lipinski definition) is 5.